The fourth-order valence-electron chi connectivity index (χ4n) is 4.64. The van der Waals surface area contributed by atoms with Gasteiger partial charge in [-0.05, 0) is 61.2 Å². The Morgan fingerprint density at radius 2 is 2.00 bits per heavy atom. The number of furan rings is 1. The van der Waals surface area contributed by atoms with Gasteiger partial charge in [-0.25, -0.2) is 4.98 Å². The van der Waals surface area contributed by atoms with Crippen molar-refractivity contribution >= 4 is 33.5 Å². The van der Waals surface area contributed by atoms with Crippen molar-refractivity contribution in [2.45, 2.75) is 19.8 Å². The molecule has 1 saturated carbocycles. The van der Waals surface area contributed by atoms with E-state index in [1.165, 1.54) is 0 Å². The topological polar surface area (TPSA) is 112 Å². The van der Waals surface area contributed by atoms with Crippen molar-refractivity contribution in [2.75, 3.05) is 5.32 Å². The second kappa shape index (κ2) is 7.91. The molecule has 0 bridgehead atoms. The van der Waals surface area contributed by atoms with E-state index in [4.69, 9.17) is 9.40 Å². The number of carbonyl (C=O) groups is 1. The van der Waals surface area contributed by atoms with Gasteiger partial charge in [-0.15, -0.1) is 0 Å². The monoisotopic (exact) mass is 474 g/mol. The number of fused-ring (bicyclic) bond motifs is 2. The van der Waals surface area contributed by atoms with Crippen molar-refractivity contribution < 1.29 is 9.21 Å². The van der Waals surface area contributed by atoms with Crippen molar-refractivity contribution in [3.8, 4) is 33.8 Å². The molecule has 0 spiro atoms. The molecule has 1 aliphatic rings. The first-order chi connectivity index (χ1) is 17.6. The lowest BCUT2D eigenvalue weighted by Crippen LogP contribution is -2.13. The molecule has 0 radical (unpaired) electrons. The standard InChI is InChI=1S/C28H22N6O2/c1-15-2-5-20(17-8-9-36-14-17)21-11-24(32-25(15)21)27-26-23(33-34-27)7-6-22(31-26)18-10-19(13-29-12-18)30-28(35)16-3-4-16/h2,5-14,16,32H,3-4H2,1H3,(H,30,35)(H,33,34). The number of H-pyrrole nitrogens is 2. The van der Waals surface area contributed by atoms with Crippen LogP contribution in [0.1, 0.15) is 18.4 Å². The maximum absolute atomic E-state index is 12.2. The summed E-state index contributed by atoms with van der Waals surface area (Å²) in [6.07, 6.45) is 8.76. The van der Waals surface area contributed by atoms with Gasteiger partial charge in [0.15, 0.2) is 0 Å². The molecular weight excluding hydrogens is 452 g/mol. The van der Waals surface area contributed by atoms with Crippen molar-refractivity contribution in [3.63, 3.8) is 0 Å². The number of nitrogens with one attached hydrogen (secondary N) is 3. The van der Waals surface area contributed by atoms with Gasteiger partial charge in [0.2, 0.25) is 5.91 Å². The smallest absolute Gasteiger partial charge is 0.227 e. The lowest BCUT2D eigenvalue weighted by Gasteiger charge is -2.06. The zero-order valence-electron chi connectivity index (χ0n) is 19.5. The first kappa shape index (κ1) is 20.6. The van der Waals surface area contributed by atoms with Crippen LogP contribution in [0.25, 0.3) is 55.7 Å². The number of pyridine rings is 2. The number of nitrogens with zero attached hydrogens (tertiary/aromatic N) is 3. The fourth-order valence-corrected chi connectivity index (χ4v) is 4.64. The minimum absolute atomic E-state index is 0.0541. The van der Waals surface area contributed by atoms with Crippen LogP contribution in [0.15, 0.2) is 71.8 Å². The molecule has 0 unspecified atom stereocenters. The van der Waals surface area contributed by atoms with Gasteiger partial charge in [0.05, 0.1) is 41.3 Å². The van der Waals surface area contributed by atoms with Crippen LogP contribution in [0.3, 0.4) is 0 Å². The highest BCUT2D eigenvalue weighted by Gasteiger charge is 2.29. The summed E-state index contributed by atoms with van der Waals surface area (Å²) in [6, 6.07) is 14.1. The maximum Gasteiger partial charge on any atom is 0.227 e. The Balaban J connectivity index is 1.30. The molecule has 0 aliphatic heterocycles. The summed E-state index contributed by atoms with van der Waals surface area (Å²) in [5.74, 6) is 0.184. The van der Waals surface area contributed by atoms with Crippen molar-refractivity contribution in [1.29, 1.82) is 0 Å². The molecule has 1 aromatic carbocycles. The van der Waals surface area contributed by atoms with Gasteiger partial charge < -0.3 is 14.7 Å². The molecule has 36 heavy (non-hydrogen) atoms. The molecule has 1 aliphatic carbocycles. The molecule has 7 rings (SSSR count). The molecule has 8 nitrogen and oxygen atoms in total. The number of aromatic nitrogens is 5. The quantitative estimate of drug-likeness (QED) is 0.280. The first-order valence-electron chi connectivity index (χ1n) is 11.9. The lowest BCUT2D eigenvalue weighted by molar-refractivity contribution is -0.117. The van der Waals surface area contributed by atoms with Crippen LogP contribution in [0, 0.1) is 12.8 Å². The molecule has 1 amide bonds. The Morgan fingerprint density at radius 1 is 1.08 bits per heavy atom. The Bertz CT molecular complexity index is 1760. The van der Waals surface area contributed by atoms with Gasteiger partial charge in [0, 0.05) is 34.1 Å². The molecule has 8 heteroatoms. The highest BCUT2D eigenvalue weighted by Crippen LogP contribution is 2.36. The average Bonchev–Trinajstić information content (AvgIpc) is 3.26. The third kappa shape index (κ3) is 3.46. The van der Waals surface area contributed by atoms with Crippen LogP contribution in [0.4, 0.5) is 5.69 Å². The normalized spacial score (nSPS) is 13.5. The van der Waals surface area contributed by atoms with Crippen LogP contribution in [-0.2, 0) is 4.79 Å². The molecule has 3 N–H and O–H groups in total. The van der Waals surface area contributed by atoms with Crippen molar-refractivity contribution in [1.82, 2.24) is 25.1 Å². The highest BCUT2D eigenvalue weighted by atomic mass is 16.3. The van der Waals surface area contributed by atoms with Gasteiger partial charge in [-0.2, -0.15) is 5.10 Å². The number of amides is 1. The van der Waals surface area contributed by atoms with E-state index in [0.717, 1.165) is 74.1 Å². The molecule has 1 fully saturated rings. The summed E-state index contributed by atoms with van der Waals surface area (Å²) < 4.78 is 5.32. The molecular formula is C28H22N6O2. The third-order valence-corrected chi connectivity index (χ3v) is 6.75. The van der Waals surface area contributed by atoms with E-state index in [0.29, 0.717) is 5.69 Å². The summed E-state index contributed by atoms with van der Waals surface area (Å²) in [5.41, 5.74) is 9.80. The Labute approximate surface area is 205 Å². The number of hydrogen-bond donors (Lipinski definition) is 3. The van der Waals surface area contributed by atoms with Crippen LogP contribution < -0.4 is 5.32 Å². The van der Waals surface area contributed by atoms with E-state index < -0.39 is 0 Å². The second-order valence-corrected chi connectivity index (χ2v) is 9.30. The van der Waals surface area contributed by atoms with E-state index in [2.05, 4.69) is 50.6 Å². The average molecular weight is 475 g/mol. The van der Waals surface area contributed by atoms with E-state index in [1.807, 2.05) is 24.3 Å². The van der Waals surface area contributed by atoms with E-state index in [-0.39, 0.29) is 11.8 Å². The van der Waals surface area contributed by atoms with Gasteiger partial charge in [-0.3, -0.25) is 14.9 Å². The predicted octanol–water partition coefficient (Wildman–Crippen LogP) is 6.09. The number of benzene rings is 1. The molecule has 5 aromatic heterocycles. The van der Waals surface area contributed by atoms with Gasteiger partial charge in [-0.1, -0.05) is 12.1 Å². The minimum atomic E-state index is 0.0541. The fraction of sp³-hybridized carbons (Fsp3) is 0.143. The third-order valence-electron chi connectivity index (χ3n) is 6.75. The van der Waals surface area contributed by atoms with E-state index >= 15 is 0 Å². The zero-order valence-corrected chi connectivity index (χ0v) is 19.5. The summed E-state index contributed by atoms with van der Waals surface area (Å²) in [4.78, 5) is 25.0. The Hall–Kier alpha value is -4.72. The first-order valence-corrected chi connectivity index (χ1v) is 11.9. The maximum atomic E-state index is 12.2. The van der Waals surface area contributed by atoms with Gasteiger partial charge >= 0.3 is 0 Å². The molecule has 5 heterocycles. The summed E-state index contributed by atoms with van der Waals surface area (Å²) >= 11 is 0. The van der Waals surface area contributed by atoms with Crippen LogP contribution in [0.5, 0.6) is 0 Å². The second-order valence-electron chi connectivity index (χ2n) is 9.30. The predicted molar refractivity (Wildman–Crippen MR) is 138 cm³/mol. The molecule has 176 valence electrons. The molecule has 0 saturated heterocycles. The van der Waals surface area contributed by atoms with E-state index in [1.54, 1.807) is 24.9 Å². The number of aryl methyl sites for hydroxylation is 1. The minimum Gasteiger partial charge on any atom is -0.472 e. The number of rotatable bonds is 5. The van der Waals surface area contributed by atoms with E-state index in [9.17, 15) is 4.79 Å². The summed E-state index contributed by atoms with van der Waals surface area (Å²) in [7, 11) is 0. The largest absolute Gasteiger partial charge is 0.472 e. The lowest BCUT2D eigenvalue weighted by atomic mass is 10.0. The highest BCUT2D eigenvalue weighted by molar-refractivity contribution is 6.01. The van der Waals surface area contributed by atoms with Gasteiger partial charge in [0.1, 0.15) is 11.2 Å². The van der Waals surface area contributed by atoms with Crippen molar-refractivity contribution in [3.05, 3.63) is 72.9 Å². The Morgan fingerprint density at radius 3 is 2.83 bits per heavy atom. The summed E-state index contributed by atoms with van der Waals surface area (Å²) in [6.45, 7) is 2.09. The number of hydrogen-bond acceptors (Lipinski definition) is 5. The molecule has 0 atom stereocenters. The van der Waals surface area contributed by atoms with Crippen LogP contribution in [0.2, 0.25) is 0 Å². The number of anilines is 1. The number of carbonyl (C=O) groups excluding carboxylic acids is 1. The van der Waals surface area contributed by atoms with Crippen LogP contribution >= 0.6 is 0 Å². The zero-order chi connectivity index (χ0) is 24.2. The Kier molecular flexibility index (Phi) is 4.54. The van der Waals surface area contributed by atoms with Crippen LogP contribution in [-0.4, -0.2) is 31.1 Å². The molecule has 6 aromatic rings. The summed E-state index contributed by atoms with van der Waals surface area (Å²) in [5, 5.41) is 11.8. The number of aromatic amines is 2. The van der Waals surface area contributed by atoms with Crippen molar-refractivity contribution in [2.24, 2.45) is 5.92 Å². The SMILES string of the molecule is Cc1ccc(-c2ccoc2)c2cc(-c3n[nH]c4ccc(-c5cncc(NC(=O)C6CC6)c5)nc34)[nH]c12. The van der Waals surface area contributed by atoms with Gasteiger partial charge in [0.25, 0.3) is 0 Å².